The van der Waals surface area contributed by atoms with Crippen molar-refractivity contribution in [1.29, 1.82) is 5.26 Å². The van der Waals surface area contributed by atoms with E-state index in [1.54, 1.807) is 35.8 Å². The highest BCUT2D eigenvalue weighted by molar-refractivity contribution is 7.18. The van der Waals surface area contributed by atoms with Gasteiger partial charge in [0.1, 0.15) is 17.3 Å². The van der Waals surface area contributed by atoms with Crippen LogP contribution in [0.4, 0.5) is 5.13 Å². The Kier molecular flexibility index (Phi) is 5.60. The summed E-state index contributed by atoms with van der Waals surface area (Å²) >= 11 is 3.24. The molecule has 0 bridgehead atoms. The second-order valence-corrected chi connectivity index (χ2v) is 9.01. The van der Waals surface area contributed by atoms with Crippen LogP contribution in [0.2, 0.25) is 0 Å². The van der Waals surface area contributed by atoms with Gasteiger partial charge in [0.2, 0.25) is 0 Å². The number of hydrogen-bond acceptors (Lipinski definition) is 7. The first-order valence-corrected chi connectivity index (χ1v) is 11.3. The number of nitrogens with zero attached hydrogens (tertiary/aromatic N) is 5. The van der Waals surface area contributed by atoms with Gasteiger partial charge in [-0.05, 0) is 56.2 Å². The normalized spacial score (nSPS) is 14.4. The number of rotatable bonds is 4. The van der Waals surface area contributed by atoms with Gasteiger partial charge in [0, 0.05) is 18.8 Å². The van der Waals surface area contributed by atoms with Gasteiger partial charge in [-0.2, -0.15) is 10.4 Å². The molecular formula is C21H21N5OS2. The summed E-state index contributed by atoms with van der Waals surface area (Å²) in [7, 11) is 0. The fourth-order valence-electron chi connectivity index (χ4n) is 3.49. The molecule has 1 aliphatic heterocycles. The van der Waals surface area contributed by atoms with E-state index in [1.807, 2.05) is 36.6 Å². The largest absolute Gasteiger partial charge is 0.348 e. The fourth-order valence-corrected chi connectivity index (χ4v) is 5.28. The van der Waals surface area contributed by atoms with Crippen molar-refractivity contribution in [2.24, 2.45) is 5.10 Å². The molecule has 4 heterocycles. The maximum absolute atomic E-state index is 12.6. The van der Waals surface area contributed by atoms with Crippen molar-refractivity contribution < 1.29 is 0 Å². The van der Waals surface area contributed by atoms with E-state index in [9.17, 15) is 10.1 Å². The third kappa shape index (κ3) is 3.88. The summed E-state index contributed by atoms with van der Waals surface area (Å²) in [5.41, 5.74) is 2.00. The van der Waals surface area contributed by atoms with Crippen LogP contribution in [0.5, 0.6) is 0 Å². The van der Waals surface area contributed by atoms with E-state index in [0.717, 1.165) is 33.7 Å². The molecule has 6 nitrogen and oxygen atoms in total. The lowest BCUT2D eigenvalue weighted by molar-refractivity contribution is 0.577. The number of piperidine rings is 1. The zero-order valence-electron chi connectivity index (χ0n) is 16.4. The van der Waals surface area contributed by atoms with E-state index in [0.29, 0.717) is 11.3 Å². The number of aryl methyl sites for hydroxylation is 2. The van der Waals surface area contributed by atoms with Crippen LogP contribution in [0, 0.1) is 25.2 Å². The van der Waals surface area contributed by atoms with Gasteiger partial charge >= 0.3 is 0 Å². The molecule has 8 heteroatoms. The molecular weight excluding hydrogens is 402 g/mol. The minimum atomic E-state index is -0.389. The third-order valence-electron chi connectivity index (χ3n) is 4.99. The minimum Gasteiger partial charge on any atom is -0.348 e. The Morgan fingerprint density at radius 2 is 2.07 bits per heavy atom. The van der Waals surface area contributed by atoms with Gasteiger partial charge in [-0.15, -0.1) is 11.3 Å². The molecule has 0 aliphatic carbocycles. The van der Waals surface area contributed by atoms with Crippen molar-refractivity contribution in [3.05, 3.63) is 55.6 Å². The van der Waals surface area contributed by atoms with E-state index < -0.39 is 0 Å². The molecule has 4 rings (SSSR count). The fraction of sp³-hybridized carbons (Fsp3) is 0.333. The van der Waals surface area contributed by atoms with Crippen LogP contribution < -0.4 is 10.5 Å². The summed E-state index contributed by atoms with van der Waals surface area (Å²) in [5, 5.41) is 16.8. The molecule has 0 unspecified atom stereocenters. The highest BCUT2D eigenvalue weighted by Gasteiger charge is 2.19. The Bertz CT molecular complexity index is 1150. The van der Waals surface area contributed by atoms with Gasteiger partial charge in [0.15, 0.2) is 5.13 Å². The van der Waals surface area contributed by atoms with Crippen LogP contribution in [0.15, 0.2) is 33.5 Å². The van der Waals surface area contributed by atoms with Gasteiger partial charge in [-0.1, -0.05) is 17.4 Å². The van der Waals surface area contributed by atoms with Gasteiger partial charge in [-0.25, -0.2) is 9.66 Å². The Balaban J connectivity index is 1.76. The molecule has 0 aromatic carbocycles. The standard InChI is InChI=1S/C21H21N5OS2/c1-14-11-15(2)26(20(27)16(14)12-22)23-13-18-19(17-7-6-10-28-17)24-21(29-18)25-8-4-3-5-9-25/h6-7,10-11,13H,3-5,8-9H2,1-2H3/b23-13+. The predicted molar refractivity (Wildman–Crippen MR) is 119 cm³/mol. The molecule has 3 aromatic rings. The zero-order valence-corrected chi connectivity index (χ0v) is 18.0. The summed E-state index contributed by atoms with van der Waals surface area (Å²) in [5.74, 6) is 0. The Morgan fingerprint density at radius 1 is 1.28 bits per heavy atom. The quantitative estimate of drug-likeness (QED) is 0.583. The third-order valence-corrected chi connectivity index (χ3v) is 6.91. The molecule has 1 saturated heterocycles. The molecule has 1 aliphatic rings. The Hall–Kier alpha value is -2.76. The lowest BCUT2D eigenvalue weighted by Gasteiger charge is -2.25. The topological polar surface area (TPSA) is 74.3 Å². The first kappa shape index (κ1) is 19.6. The van der Waals surface area contributed by atoms with Crippen LogP contribution in [0.3, 0.4) is 0 Å². The summed E-state index contributed by atoms with van der Waals surface area (Å²) in [4.78, 5) is 21.9. The second-order valence-electron chi connectivity index (χ2n) is 7.05. The molecule has 148 valence electrons. The van der Waals surface area contributed by atoms with Crippen molar-refractivity contribution in [2.75, 3.05) is 18.0 Å². The van der Waals surface area contributed by atoms with Crippen LogP contribution in [-0.2, 0) is 0 Å². The average molecular weight is 424 g/mol. The lowest BCUT2D eigenvalue weighted by Crippen LogP contribution is -2.29. The number of thiazole rings is 1. The predicted octanol–water partition coefficient (Wildman–Crippen LogP) is 4.39. The molecule has 0 N–H and O–H groups in total. The van der Waals surface area contributed by atoms with E-state index >= 15 is 0 Å². The van der Waals surface area contributed by atoms with Gasteiger partial charge in [0.25, 0.3) is 5.56 Å². The summed E-state index contributed by atoms with van der Waals surface area (Å²) in [6, 6.07) is 7.86. The lowest BCUT2D eigenvalue weighted by atomic mass is 10.1. The molecule has 0 spiro atoms. The molecule has 0 saturated carbocycles. The monoisotopic (exact) mass is 423 g/mol. The second kappa shape index (κ2) is 8.31. The van der Waals surface area contributed by atoms with Crippen LogP contribution >= 0.6 is 22.7 Å². The molecule has 0 radical (unpaired) electrons. The van der Waals surface area contributed by atoms with Crippen molar-refractivity contribution in [2.45, 2.75) is 33.1 Å². The maximum Gasteiger partial charge on any atom is 0.289 e. The first-order chi connectivity index (χ1) is 14.1. The SMILES string of the molecule is Cc1cc(C)n(/N=C/c2sc(N3CCCCC3)nc2-c2cccs2)c(=O)c1C#N. The van der Waals surface area contributed by atoms with Crippen molar-refractivity contribution in [3.8, 4) is 16.6 Å². The Labute approximate surface area is 177 Å². The molecule has 0 atom stereocenters. The van der Waals surface area contributed by atoms with Gasteiger partial charge in [0.05, 0.1) is 16.0 Å². The number of anilines is 1. The van der Waals surface area contributed by atoms with E-state index in [1.165, 1.54) is 23.9 Å². The van der Waals surface area contributed by atoms with Crippen LogP contribution in [0.1, 0.15) is 41.0 Å². The first-order valence-electron chi connectivity index (χ1n) is 9.56. The number of nitriles is 1. The number of thiophene rings is 1. The van der Waals surface area contributed by atoms with E-state index in [2.05, 4.69) is 10.0 Å². The minimum absolute atomic E-state index is 0.129. The van der Waals surface area contributed by atoms with Crippen LogP contribution in [-0.4, -0.2) is 29.0 Å². The molecule has 1 fully saturated rings. The zero-order chi connectivity index (χ0) is 20.4. The van der Waals surface area contributed by atoms with Crippen molar-refractivity contribution >= 4 is 34.0 Å². The average Bonchev–Trinajstić information content (AvgIpc) is 3.38. The number of hydrogen-bond donors (Lipinski definition) is 0. The Morgan fingerprint density at radius 3 is 2.76 bits per heavy atom. The van der Waals surface area contributed by atoms with Crippen molar-refractivity contribution in [1.82, 2.24) is 9.66 Å². The van der Waals surface area contributed by atoms with E-state index in [4.69, 9.17) is 4.98 Å². The summed E-state index contributed by atoms with van der Waals surface area (Å²) < 4.78 is 1.30. The highest BCUT2D eigenvalue weighted by atomic mass is 32.1. The smallest absolute Gasteiger partial charge is 0.289 e. The molecule has 0 amide bonds. The van der Waals surface area contributed by atoms with Gasteiger partial charge < -0.3 is 4.90 Å². The highest BCUT2D eigenvalue weighted by Crippen LogP contribution is 2.35. The molecule has 29 heavy (non-hydrogen) atoms. The van der Waals surface area contributed by atoms with E-state index in [-0.39, 0.29) is 11.1 Å². The summed E-state index contributed by atoms with van der Waals surface area (Å²) in [6.45, 7) is 5.63. The van der Waals surface area contributed by atoms with Crippen LogP contribution in [0.25, 0.3) is 10.6 Å². The van der Waals surface area contributed by atoms with Crippen molar-refractivity contribution in [3.63, 3.8) is 0 Å². The number of pyridine rings is 1. The molecule has 3 aromatic heterocycles. The van der Waals surface area contributed by atoms with Gasteiger partial charge in [-0.3, -0.25) is 4.79 Å². The summed E-state index contributed by atoms with van der Waals surface area (Å²) in [6.07, 6.45) is 5.34. The number of aromatic nitrogens is 2. The maximum atomic E-state index is 12.6.